The number of nitrogens with zero attached hydrogens (tertiary/aromatic N) is 4. The summed E-state index contributed by atoms with van der Waals surface area (Å²) in [6, 6.07) is 0.422. The van der Waals surface area contributed by atoms with Crippen LogP contribution in [0, 0.1) is 0 Å². The molecule has 0 saturated heterocycles. The summed E-state index contributed by atoms with van der Waals surface area (Å²) in [5.74, 6) is 0.638. The fraction of sp³-hybridized carbons (Fsp3) is 0.643. The first-order valence-corrected chi connectivity index (χ1v) is 6.82. The minimum Gasteiger partial charge on any atom is -0.460 e. The first-order chi connectivity index (χ1) is 8.90. The normalized spacial score (nSPS) is 12.1. The van der Waals surface area contributed by atoms with Crippen LogP contribution in [0.2, 0.25) is 0 Å². The maximum absolute atomic E-state index is 5.65. The van der Waals surface area contributed by atoms with Crippen molar-refractivity contribution in [3.8, 4) is 6.01 Å². The van der Waals surface area contributed by atoms with Crippen molar-refractivity contribution >= 4 is 5.65 Å². The fourth-order valence-electron chi connectivity index (χ4n) is 1.94. The van der Waals surface area contributed by atoms with Crippen molar-refractivity contribution in [2.75, 3.05) is 0 Å². The first-order valence-electron chi connectivity index (χ1n) is 6.82. The van der Waals surface area contributed by atoms with Gasteiger partial charge in [0.25, 0.3) is 0 Å². The lowest BCUT2D eigenvalue weighted by Gasteiger charge is -2.13. The molecule has 2 aromatic heterocycles. The molecule has 5 nitrogen and oxygen atoms in total. The van der Waals surface area contributed by atoms with E-state index >= 15 is 0 Å². The Hall–Kier alpha value is -1.65. The second-order valence-electron chi connectivity index (χ2n) is 5.67. The van der Waals surface area contributed by atoms with Gasteiger partial charge in [0.1, 0.15) is 0 Å². The molecule has 0 radical (unpaired) electrons. The average molecular weight is 262 g/mol. The lowest BCUT2D eigenvalue weighted by Crippen LogP contribution is -2.13. The summed E-state index contributed by atoms with van der Waals surface area (Å²) in [7, 11) is 0. The average Bonchev–Trinajstić information content (AvgIpc) is 2.70. The molecule has 0 atom stereocenters. The highest BCUT2D eigenvalue weighted by molar-refractivity contribution is 5.46. The smallest absolute Gasteiger partial charge is 0.334 e. The Morgan fingerprint density at radius 1 is 1.05 bits per heavy atom. The van der Waals surface area contributed by atoms with Gasteiger partial charge in [-0.3, -0.25) is 0 Å². The third kappa shape index (κ3) is 2.69. The standard InChI is InChI=1S/C14H22N4O/c1-8(2)11-7-15-13-12(9(3)4)16-14(17-18(11)13)19-10(5)6/h7-10H,1-6H3. The molecule has 0 fully saturated rings. The zero-order valence-corrected chi connectivity index (χ0v) is 12.5. The zero-order chi connectivity index (χ0) is 14.2. The number of ether oxygens (including phenoxy) is 1. The van der Waals surface area contributed by atoms with Gasteiger partial charge in [0, 0.05) is 0 Å². The van der Waals surface area contributed by atoms with Crippen molar-refractivity contribution < 1.29 is 4.74 Å². The zero-order valence-electron chi connectivity index (χ0n) is 12.5. The molecule has 5 heteroatoms. The minimum absolute atomic E-state index is 0.0588. The van der Waals surface area contributed by atoms with Crippen LogP contribution in [0.25, 0.3) is 5.65 Å². The largest absolute Gasteiger partial charge is 0.460 e. The van der Waals surface area contributed by atoms with E-state index in [1.165, 1.54) is 0 Å². The van der Waals surface area contributed by atoms with Gasteiger partial charge in [-0.25, -0.2) is 9.50 Å². The van der Waals surface area contributed by atoms with Gasteiger partial charge in [-0.15, -0.1) is 5.10 Å². The van der Waals surface area contributed by atoms with Crippen molar-refractivity contribution in [1.29, 1.82) is 0 Å². The topological polar surface area (TPSA) is 52.3 Å². The van der Waals surface area contributed by atoms with Crippen LogP contribution >= 0.6 is 0 Å². The van der Waals surface area contributed by atoms with Crippen LogP contribution in [0.1, 0.15) is 64.8 Å². The van der Waals surface area contributed by atoms with Crippen LogP contribution in [0.3, 0.4) is 0 Å². The molecule has 0 aromatic carbocycles. The quantitative estimate of drug-likeness (QED) is 0.849. The second-order valence-corrected chi connectivity index (χ2v) is 5.67. The van der Waals surface area contributed by atoms with Gasteiger partial charge >= 0.3 is 6.01 Å². The molecule has 0 amide bonds. The Labute approximate surface area is 114 Å². The highest BCUT2D eigenvalue weighted by Crippen LogP contribution is 2.23. The van der Waals surface area contributed by atoms with Gasteiger partial charge in [0.05, 0.1) is 23.7 Å². The molecule has 2 rings (SSSR count). The molecule has 104 valence electrons. The third-order valence-corrected chi connectivity index (χ3v) is 2.87. The number of hydrogen-bond donors (Lipinski definition) is 0. The van der Waals surface area contributed by atoms with E-state index in [0.717, 1.165) is 17.0 Å². The predicted molar refractivity (Wildman–Crippen MR) is 74.7 cm³/mol. The first kappa shape index (κ1) is 13.8. The van der Waals surface area contributed by atoms with Crippen molar-refractivity contribution in [3.05, 3.63) is 17.6 Å². The SMILES string of the molecule is CC(C)Oc1nc(C(C)C)c2ncc(C(C)C)n2n1. The molecule has 2 heterocycles. The third-order valence-electron chi connectivity index (χ3n) is 2.87. The maximum Gasteiger partial charge on any atom is 0.334 e. The van der Waals surface area contributed by atoms with Crippen molar-refractivity contribution in [1.82, 2.24) is 19.6 Å². The number of imidazole rings is 1. The van der Waals surface area contributed by atoms with Gasteiger partial charge in [-0.1, -0.05) is 27.7 Å². The molecular weight excluding hydrogens is 240 g/mol. The highest BCUT2D eigenvalue weighted by atomic mass is 16.5. The van der Waals surface area contributed by atoms with Crippen LogP contribution in [0.5, 0.6) is 6.01 Å². The van der Waals surface area contributed by atoms with Crippen LogP contribution in [-0.4, -0.2) is 25.7 Å². The molecule has 0 saturated carbocycles. The Morgan fingerprint density at radius 2 is 1.74 bits per heavy atom. The summed E-state index contributed by atoms with van der Waals surface area (Å²) in [6.07, 6.45) is 1.93. The Morgan fingerprint density at radius 3 is 2.26 bits per heavy atom. The Balaban J connectivity index is 2.64. The van der Waals surface area contributed by atoms with E-state index in [-0.39, 0.29) is 12.0 Å². The number of aromatic nitrogens is 4. The van der Waals surface area contributed by atoms with Gasteiger partial charge < -0.3 is 4.74 Å². The van der Waals surface area contributed by atoms with E-state index in [4.69, 9.17) is 4.74 Å². The van der Waals surface area contributed by atoms with E-state index in [0.29, 0.717) is 11.9 Å². The van der Waals surface area contributed by atoms with E-state index in [1.54, 1.807) is 0 Å². The molecule has 0 spiro atoms. The van der Waals surface area contributed by atoms with Gasteiger partial charge in [-0.2, -0.15) is 4.98 Å². The molecule has 2 aromatic rings. The summed E-state index contributed by atoms with van der Waals surface area (Å²) in [5.41, 5.74) is 2.83. The Bertz CT molecular complexity index is 572. The summed E-state index contributed by atoms with van der Waals surface area (Å²) in [4.78, 5) is 8.96. The van der Waals surface area contributed by atoms with Crippen LogP contribution in [0.4, 0.5) is 0 Å². The molecule has 0 unspecified atom stereocenters. The number of hydrogen-bond acceptors (Lipinski definition) is 4. The van der Waals surface area contributed by atoms with Crippen LogP contribution in [-0.2, 0) is 0 Å². The minimum atomic E-state index is 0.0588. The second kappa shape index (κ2) is 5.15. The van der Waals surface area contributed by atoms with Crippen LogP contribution in [0.15, 0.2) is 6.20 Å². The Kier molecular flexibility index (Phi) is 3.73. The highest BCUT2D eigenvalue weighted by Gasteiger charge is 2.17. The molecule has 0 bridgehead atoms. The van der Waals surface area contributed by atoms with E-state index < -0.39 is 0 Å². The van der Waals surface area contributed by atoms with E-state index in [2.05, 4.69) is 42.8 Å². The number of rotatable bonds is 4. The van der Waals surface area contributed by atoms with Gasteiger partial charge in [0.2, 0.25) is 0 Å². The molecule has 19 heavy (non-hydrogen) atoms. The van der Waals surface area contributed by atoms with E-state index in [9.17, 15) is 0 Å². The summed E-state index contributed by atoms with van der Waals surface area (Å²) in [6.45, 7) is 12.4. The van der Waals surface area contributed by atoms with Crippen LogP contribution < -0.4 is 4.74 Å². The lowest BCUT2D eigenvalue weighted by molar-refractivity contribution is 0.217. The predicted octanol–water partition coefficient (Wildman–Crippen LogP) is 3.16. The van der Waals surface area contributed by atoms with Crippen molar-refractivity contribution in [3.63, 3.8) is 0 Å². The lowest BCUT2D eigenvalue weighted by atomic mass is 10.1. The number of fused-ring (bicyclic) bond motifs is 1. The molecule has 0 aliphatic rings. The summed E-state index contributed by atoms with van der Waals surface area (Å²) < 4.78 is 7.51. The van der Waals surface area contributed by atoms with Crippen molar-refractivity contribution in [2.24, 2.45) is 0 Å². The summed E-state index contributed by atoms with van der Waals surface area (Å²) in [5, 5.41) is 4.46. The maximum atomic E-state index is 5.65. The van der Waals surface area contributed by atoms with Crippen molar-refractivity contribution in [2.45, 2.75) is 59.5 Å². The molecule has 0 aliphatic carbocycles. The molecular formula is C14H22N4O. The van der Waals surface area contributed by atoms with E-state index in [1.807, 2.05) is 24.6 Å². The monoisotopic (exact) mass is 262 g/mol. The summed E-state index contributed by atoms with van der Waals surface area (Å²) >= 11 is 0. The molecule has 0 aliphatic heterocycles. The van der Waals surface area contributed by atoms with Gasteiger partial charge in [0.15, 0.2) is 5.65 Å². The van der Waals surface area contributed by atoms with Gasteiger partial charge in [-0.05, 0) is 25.7 Å². The molecule has 0 N–H and O–H groups in total. The fourth-order valence-corrected chi connectivity index (χ4v) is 1.94.